The van der Waals surface area contributed by atoms with Gasteiger partial charge in [-0.3, -0.25) is 9.59 Å². The number of hydrogen-bond acceptors (Lipinski definition) is 5. The van der Waals surface area contributed by atoms with E-state index in [-0.39, 0.29) is 36.5 Å². The Hall–Kier alpha value is -2.48. The van der Waals surface area contributed by atoms with Gasteiger partial charge in [0.05, 0.1) is 5.41 Å². The number of ether oxygens (including phenoxy) is 1. The lowest BCUT2D eigenvalue weighted by Crippen LogP contribution is -2.53. The monoisotopic (exact) mass is 411 g/mol. The van der Waals surface area contributed by atoms with Crippen molar-refractivity contribution in [3.8, 4) is 0 Å². The van der Waals surface area contributed by atoms with E-state index in [9.17, 15) is 9.59 Å². The number of benzene rings is 1. The molecule has 2 bridgehead atoms. The summed E-state index contributed by atoms with van der Waals surface area (Å²) in [6, 6.07) is 7.89. The van der Waals surface area contributed by atoms with Crippen LogP contribution < -0.4 is 5.32 Å². The summed E-state index contributed by atoms with van der Waals surface area (Å²) in [5, 5.41) is 12.1. The second-order valence-electron chi connectivity index (χ2n) is 8.84. The molecule has 0 radical (unpaired) electrons. The molecule has 3 atom stereocenters. The van der Waals surface area contributed by atoms with Crippen LogP contribution in [-0.2, 0) is 20.9 Å². The van der Waals surface area contributed by atoms with E-state index < -0.39 is 5.41 Å². The molecule has 0 saturated carbocycles. The molecule has 5 rings (SSSR count). The summed E-state index contributed by atoms with van der Waals surface area (Å²) in [7, 11) is 0. The zero-order valence-corrected chi connectivity index (χ0v) is 17.4. The van der Waals surface area contributed by atoms with Crippen molar-refractivity contribution in [3.63, 3.8) is 0 Å². The molecule has 4 heterocycles. The van der Waals surface area contributed by atoms with Crippen molar-refractivity contribution in [2.45, 2.75) is 70.1 Å². The van der Waals surface area contributed by atoms with Crippen LogP contribution in [0.1, 0.15) is 45.4 Å². The number of nitrogens with zero attached hydrogens (tertiary/aromatic N) is 4. The molecule has 3 aliphatic rings. The Balaban J connectivity index is 1.32. The summed E-state index contributed by atoms with van der Waals surface area (Å²) in [6.07, 6.45) is 5.08. The van der Waals surface area contributed by atoms with E-state index in [0.717, 1.165) is 49.6 Å². The molecule has 3 saturated heterocycles. The van der Waals surface area contributed by atoms with E-state index in [4.69, 9.17) is 4.74 Å². The molecule has 0 unspecified atom stereocenters. The molecule has 0 spiro atoms. The average Bonchev–Trinajstić information content (AvgIpc) is 3.45. The van der Waals surface area contributed by atoms with Crippen LogP contribution in [0.5, 0.6) is 0 Å². The maximum atomic E-state index is 13.4. The number of fused-ring (bicyclic) bond motifs is 3. The lowest BCUT2D eigenvalue weighted by atomic mass is 9.71. The summed E-state index contributed by atoms with van der Waals surface area (Å²) in [6.45, 7) is 3.59. The zero-order chi connectivity index (χ0) is 20.7. The predicted octanol–water partition coefficient (Wildman–Crippen LogP) is 1.89. The summed E-state index contributed by atoms with van der Waals surface area (Å²) in [5.41, 5.74) is 1.08. The first-order valence-corrected chi connectivity index (χ1v) is 11.1. The lowest BCUT2D eigenvalue weighted by Gasteiger charge is -2.37. The minimum absolute atomic E-state index is 0.0111. The largest absolute Gasteiger partial charge is 0.381 e. The summed E-state index contributed by atoms with van der Waals surface area (Å²) >= 11 is 0. The van der Waals surface area contributed by atoms with E-state index in [0.29, 0.717) is 13.2 Å². The Morgan fingerprint density at radius 2 is 1.83 bits per heavy atom. The molecule has 3 aliphatic heterocycles. The molecule has 0 aliphatic carbocycles. The maximum absolute atomic E-state index is 13.4. The Morgan fingerprint density at radius 3 is 2.50 bits per heavy atom. The molecule has 160 valence electrons. The van der Waals surface area contributed by atoms with Crippen LogP contribution in [0.25, 0.3) is 11.0 Å². The van der Waals surface area contributed by atoms with Gasteiger partial charge >= 0.3 is 0 Å². The van der Waals surface area contributed by atoms with Crippen LogP contribution in [0.3, 0.4) is 0 Å². The van der Waals surface area contributed by atoms with Crippen molar-refractivity contribution in [2.75, 3.05) is 13.2 Å². The normalized spacial score (nSPS) is 28.9. The van der Waals surface area contributed by atoms with Gasteiger partial charge in [0.1, 0.15) is 17.6 Å². The number of hydrogen-bond donors (Lipinski definition) is 1. The highest BCUT2D eigenvalue weighted by Gasteiger charge is 2.60. The number of carbonyl (C=O) groups excluding carboxylic acids is 2. The molecule has 2 aromatic rings. The van der Waals surface area contributed by atoms with Gasteiger partial charge in [0.25, 0.3) is 0 Å². The second-order valence-corrected chi connectivity index (χ2v) is 8.84. The van der Waals surface area contributed by atoms with Crippen LogP contribution in [0, 0.1) is 5.41 Å². The van der Waals surface area contributed by atoms with E-state index in [2.05, 4.69) is 22.4 Å². The maximum Gasteiger partial charge on any atom is 0.246 e. The molecule has 1 aromatic heterocycles. The lowest BCUT2D eigenvalue weighted by molar-refractivity contribution is -0.138. The highest BCUT2D eigenvalue weighted by molar-refractivity contribution is 5.87. The highest BCUT2D eigenvalue weighted by Crippen LogP contribution is 2.52. The van der Waals surface area contributed by atoms with Crippen LogP contribution in [0.4, 0.5) is 0 Å². The molecule has 1 N–H and O–H groups in total. The van der Waals surface area contributed by atoms with Crippen molar-refractivity contribution >= 4 is 22.8 Å². The van der Waals surface area contributed by atoms with Crippen molar-refractivity contribution in [1.29, 1.82) is 0 Å². The minimum atomic E-state index is -0.487. The van der Waals surface area contributed by atoms with Crippen LogP contribution in [-0.4, -0.2) is 63.0 Å². The first-order valence-electron chi connectivity index (χ1n) is 11.1. The number of aromatic nitrogens is 3. The van der Waals surface area contributed by atoms with E-state index in [1.54, 1.807) is 0 Å². The molecular formula is C22H29N5O3. The third kappa shape index (κ3) is 3.17. The van der Waals surface area contributed by atoms with Gasteiger partial charge in [0.2, 0.25) is 11.8 Å². The smallest absolute Gasteiger partial charge is 0.246 e. The third-order valence-corrected chi connectivity index (χ3v) is 7.27. The summed E-state index contributed by atoms with van der Waals surface area (Å²) < 4.78 is 5.42. The number of rotatable bonds is 5. The molecule has 1 aromatic carbocycles. The van der Waals surface area contributed by atoms with Crippen LogP contribution in [0.15, 0.2) is 24.3 Å². The Bertz CT molecular complexity index is 920. The van der Waals surface area contributed by atoms with Gasteiger partial charge in [0, 0.05) is 31.3 Å². The van der Waals surface area contributed by atoms with Crippen molar-refractivity contribution in [1.82, 2.24) is 25.2 Å². The molecule has 3 fully saturated rings. The number of carbonyl (C=O) groups is 2. The van der Waals surface area contributed by atoms with Gasteiger partial charge in [-0.05, 0) is 50.7 Å². The van der Waals surface area contributed by atoms with Crippen molar-refractivity contribution in [2.24, 2.45) is 5.41 Å². The second kappa shape index (κ2) is 7.65. The zero-order valence-electron chi connectivity index (χ0n) is 17.4. The number of nitrogens with one attached hydrogen (secondary N) is 1. The van der Waals surface area contributed by atoms with Crippen LogP contribution >= 0.6 is 0 Å². The van der Waals surface area contributed by atoms with Crippen LogP contribution in [0.2, 0.25) is 0 Å². The standard InChI is InChI=1S/C22H29N5O3/c1-2-22(21(29)23-15-9-11-30-12-10-15)13-16-7-8-19(22)27(16)20(28)14-26-24-17-5-3-4-6-18(17)25-26/h3-6,15-16,19H,2,7-14H2,1H3,(H,23,29)/t16-,19+,22+/m1/s1. The van der Waals surface area contributed by atoms with E-state index in [1.807, 2.05) is 29.2 Å². The highest BCUT2D eigenvalue weighted by atomic mass is 16.5. The topological polar surface area (TPSA) is 89.4 Å². The predicted molar refractivity (Wildman–Crippen MR) is 111 cm³/mol. The Labute approximate surface area is 175 Å². The van der Waals surface area contributed by atoms with Gasteiger partial charge < -0.3 is 15.0 Å². The molecule has 30 heavy (non-hydrogen) atoms. The van der Waals surface area contributed by atoms with Gasteiger partial charge in [-0.1, -0.05) is 19.1 Å². The molecule has 8 nitrogen and oxygen atoms in total. The summed E-state index contributed by atoms with van der Waals surface area (Å²) in [5.74, 6) is 0.127. The van der Waals surface area contributed by atoms with Crippen molar-refractivity contribution < 1.29 is 14.3 Å². The SMILES string of the molecule is CC[C@]1(C(=O)NC2CCOCC2)C[C@H]2CC[C@@H]1N2C(=O)Cn1nc2ccccc2n1. The first kappa shape index (κ1) is 19.5. The Kier molecular flexibility index (Phi) is 4.97. The number of amides is 2. The summed E-state index contributed by atoms with van der Waals surface area (Å²) in [4.78, 5) is 30.1. The van der Waals surface area contributed by atoms with E-state index in [1.165, 1.54) is 4.80 Å². The average molecular weight is 412 g/mol. The van der Waals surface area contributed by atoms with Gasteiger partial charge in [-0.15, -0.1) is 0 Å². The molecule has 2 amide bonds. The van der Waals surface area contributed by atoms with Crippen molar-refractivity contribution in [3.05, 3.63) is 24.3 Å². The van der Waals surface area contributed by atoms with Gasteiger partial charge in [-0.25, -0.2) is 0 Å². The minimum Gasteiger partial charge on any atom is -0.381 e. The fraction of sp³-hybridized carbons (Fsp3) is 0.636. The first-order chi connectivity index (χ1) is 14.6. The third-order valence-electron chi connectivity index (χ3n) is 7.27. The quantitative estimate of drug-likeness (QED) is 0.812. The van der Waals surface area contributed by atoms with Gasteiger partial charge in [0.15, 0.2) is 0 Å². The fourth-order valence-electron chi connectivity index (χ4n) is 5.69. The van der Waals surface area contributed by atoms with E-state index >= 15 is 0 Å². The Morgan fingerprint density at radius 1 is 1.13 bits per heavy atom. The van der Waals surface area contributed by atoms with Gasteiger partial charge in [-0.2, -0.15) is 15.0 Å². The fourth-order valence-corrected chi connectivity index (χ4v) is 5.69. The molecular weight excluding hydrogens is 382 g/mol. The molecule has 8 heteroatoms.